The number of anilines is 1. The molecule has 0 spiro atoms. The lowest BCUT2D eigenvalue weighted by Crippen LogP contribution is -2.40. The summed E-state index contributed by atoms with van der Waals surface area (Å²) in [6.45, 7) is 9.43. The molecule has 0 saturated carbocycles. The van der Waals surface area contributed by atoms with Gasteiger partial charge in [0.15, 0.2) is 5.11 Å². The Morgan fingerprint density at radius 1 is 1.14 bits per heavy atom. The monoisotopic (exact) mass is 310 g/mol. The average Bonchev–Trinajstić information content (AvgIpc) is 2.51. The van der Waals surface area contributed by atoms with Crippen LogP contribution in [0.5, 0.6) is 0 Å². The Hall–Kier alpha value is -2.13. The number of rotatable bonds is 5. The average molecular weight is 310 g/mol. The second-order valence-electron chi connectivity index (χ2n) is 5.53. The minimum atomic E-state index is 0.690. The molecule has 2 nitrogen and oxygen atoms in total. The first-order valence-electron chi connectivity index (χ1n) is 7.36. The molecule has 0 aromatic heterocycles. The third-order valence-corrected chi connectivity index (χ3v) is 3.65. The van der Waals surface area contributed by atoms with Crippen molar-refractivity contribution in [2.45, 2.75) is 20.4 Å². The van der Waals surface area contributed by atoms with Gasteiger partial charge in [-0.05, 0) is 49.3 Å². The molecule has 0 unspecified atom stereocenters. The molecule has 22 heavy (non-hydrogen) atoms. The van der Waals surface area contributed by atoms with Gasteiger partial charge in [0.25, 0.3) is 0 Å². The lowest BCUT2D eigenvalue weighted by atomic mass is 10.1. The van der Waals surface area contributed by atoms with E-state index in [1.165, 1.54) is 11.1 Å². The van der Waals surface area contributed by atoms with Crippen molar-refractivity contribution in [1.82, 2.24) is 5.32 Å². The topological polar surface area (TPSA) is 15.3 Å². The van der Waals surface area contributed by atoms with Crippen LogP contribution in [0.3, 0.4) is 0 Å². The number of nitrogens with zero attached hydrogens (tertiary/aromatic N) is 1. The summed E-state index contributed by atoms with van der Waals surface area (Å²) in [5, 5.41) is 4.00. The van der Waals surface area contributed by atoms with E-state index in [9.17, 15) is 0 Å². The Morgan fingerprint density at radius 3 is 2.50 bits per heavy atom. The van der Waals surface area contributed by atoms with Crippen LogP contribution >= 0.6 is 12.2 Å². The molecule has 0 amide bonds. The number of thiocarbonyl (C=S) groups is 1. The smallest absolute Gasteiger partial charge is 0.174 e. The van der Waals surface area contributed by atoms with E-state index in [0.29, 0.717) is 6.54 Å². The van der Waals surface area contributed by atoms with E-state index in [-0.39, 0.29) is 0 Å². The molecule has 2 rings (SSSR count). The van der Waals surface area contributed by atoms with Gasteiger partial charge in [0, 0.05) is 12.2 Å². The quantitative estimate of drug-likeness (QED) is 0.649. The molecule has 0 atom stereocenters. The summed E-state index contributed by atoms with van der Waals surface area (Å²) in [5.41, 5.74) is 4.61. The van der Waals surface area contributed by atoms with Gasteiger partial charge < -0.3 is 10.2 Å². The standard InChI is InChI=1S/C19H22N2S/c1-15(2)13-20-19(22)21(14-17-9-5-4-6-10-17)18-11-7-8-16(3)12-18/h4-12H,1,13-14H2,2-3H3,(H,20,22). The van der Waals surface area contributed by atoms with Crippen LogP contribution in [-0.4, -0.2) is 11.7 Å². The first-order chi connectivity index (χ1) is 10.6. The molecule has 0 aliphatic carbocycles. The highest BCUT2D eigenvalue weighted by molar-refractivity contribution is 7.80. The second-order valence-corrected chi connectivity index (χ2v) is 5.91. The SMILES string of the molecule is C=C(C)CNC(=S)N(Cc1ccccc1)c1cccc(C)c1. The van der Waals surface area contributed by atoms with Crippen molar-refractivity contribution in [1.29, 1.82) is 0 Å². The molecule has 0 radical (unpaired) electrons. The Bertz CT molecular complexity index is 649. The van der Waals surface area contributed by atoms with Crippen LogP contribution < -0.4 is 10.2 Å². The number of hydrogen-bond acceptors (Lipinski definition) is 1. The third kappa shape index (κ3) is 4.71. The second kappa shape index (κ2) is 7.76. The normalized spacial score (nSPS) is 10.1. The summed E-state index contributed by atoms with van der Waals surface area (Å²) in [6.07, 6.45) is 0. The van der Waals surface area contributed by atoms with E-state index in [1.807, 2.05) is 25.1 Å². The Balaban J connectivity index is 2.24. The summed E-state index contributed by atoms with van der Waals surface area (Å²) >= 11 is 5.59. The molecule has 0 heterocycles. The van der Waals surface area contributed by atoms with Gasteiger partial charge in [-0.15, -0.1) is 0 Å². The molecule has 3 heteroatoms. The maximum atomic E-state index is 5.59. The molecule has 114 valence electrons. The summed E-state index contributed by atoms with van der Waals surface area (Å²) in [6, 6.07) is 18.7. The Morgan fingerprint density at radius 2 is 1.86 bits per heavy atom. The van der Waals surface area contributed by atoms with Crippen LogP contribution in [0.4, 0.5) is 5.69 Å². The lowest BCUT2D eigenvalue weighted by molar-refractivity contribution is 0.923. The zero-order valence-corrected chi connectivity index (χ0v) is 14.0. The molecule has 2 aromatic carbocycles. The Kier molecular flexibility index (Phi) is 5.73. The highest BCUT2D eigenvalue weighted by atomic mass is 32.1. The van der Waals surface area contributed by atoms with E-state index in [1.54, 1.807) is 0 Å². The van der Waals surface area contributed by atoms with E-state index < -0.39 is 0 Å². The van der Waals surface area contributed by atoms with Crippen LogP contribution in [0.15, 0.2) is 66.7 Å². The van der Waals surface area contributed by atoms with Crippen LogP contribution in [-0.2, 0) is 6.54 Å². The molecule has 0 fully saturated rings. The third-order valence-electron chi connectivity index (χ3n) is 3.28. The van der Waals surface area contributed by atoms with Gasteiger partial charge in [-0.2, -0.15) is 0 Å². The van der Waals surface area contributed by atoms with Gasteiger partial charge in [-0.25, -0.2) is 0 Å². The summed E-state index contributed by atoms with van der Waals surface area (Å²) in [4.78, 5) is 2.13. The summed E-state index contributed by atoms with van der Waals surface area (Å²) in [7, 11) is 0. The number of nitrogens with one attached hydrogen (secondary N) is 1. The van der Waals surface area contributed by atoms with Crippen molar-refractivity contribution in [3.8, 4) is 0 Å². The zero-order chi connectivity index (χ0) is 15.9. The minimum absolute atomic E-state index is 0.690. The fourth-order valence-electron chi connectivity index (χ4n) is 2.16. The molecule has 1 N–H and O–H groups in total. The van der Waals surface area contributed by atoms with Gasteiger partial charge >= 0.3 is 0 Å². The molecule has 0 aliphatic heterocycles. The first-order valence-corrected chi connectivity index (χ1v) is 7.77. The fourth-order valence-corrected chi connectivity index (χ4v) is 2.41. The molecule has 0 aliphatic rings. The van der Waals surface area contributed by atoms with Crippen molar-refractivity contribution in [3.63, 3.8) is 0 Å². The predicted octanol–water partition coefficient (Wildman–Crippen LogP) is 4.45. The first kappa shape index (κ1) is 16.2. The minimum Gasteiger partial charge on any atom is -0.359 e. The van der Waals surface area contributed by atoms with E-state index >= 15 is 0 Å². The van der Waals surface area contributed by atoms with Crippen molar-refractivity contribution >= 4 is 23.0 Å². The zero-order valence-electron chi connectivity index (χ0n) is 13.2. The number of aryl methyl sites for hydroxylation is 1. The van der Waals surface area contributed by atoms with Gasteiger partial charge in [0.05, 0.1) is 6.54 Å². The Labute approximate surface area is 138 Å². The summed E-state index contributed by atoms with van der Waals surface area (Å²) in [5.74, 6) is 0. The van der Waals surface area contributed by atoms with Crippen molar-refractivity contribution < 1.29 is 0 Å². The lowest BCUT2D eigenvalue weighted by Gasteiger charge is -2.26. The molecular formula is C19H22N2S. The van der Waals surface area contributed by atoms with E-state index in [2.05, 4.69) is 60.1 Å². The highest BCUT2D eigenvalue weighted by Crippen LogP contribution is 2.19. The van der Waals surface area contributed by atoms with Gasteiger partial charge in [-0.3, -0.25) is 0 Å². The maximum absolute atomic E-state index is 5.59. The van der Waals surface area contributed by atoms with Crippen LogP contribution in [0, 0.1) is 6.92 Å². The fraction of sp³-hybridized carbons (Fsp3) is 0.211. The number of benzene rings is 2. The van der Waals surface area contributed by atoms with Gasteiger partial charge in [-0.1, -0.05) is 54.6 Å². The number of hydrogen-bond donors (Lipinski definition) is 1. The van der Waals surface area contributed by atoms with Crippen molar-refractivity contribution in [2.24, 2.45) is 0 Å². The predicted molar refractivity (Wildman–Crippen MR) is 99.2 cm³/mol. The van der Waals surface area contributed by atoms with Crippen LogP contribution in [0.2, 0.25) is 0 Å². The van der Waals surface area contributed by atoms with Gasteiger partial charge in [0.2, 0.25) is 0 Å². The van der Waals surface area contributed by atoms with E-state index in [4.69, 9.17) is 12.2 Å². The highest BCUT2D eigenvalue weighted by Gasteiger charge is 2.12. The molecule has 0 saturated heterocycles. The van der Waals surface area contributed by atoms with Crippen LogP contribution in [0.1, 0.15) is 18.1 Å². The molecule has 0 bridgehead atoms. The van der Waals surface area contributed by atoms with Crippen molar-refractivity contribution in [2.75, 3.05) is 11.4 Å². The van der Waals surface area contributed by atoms with Crippen molar-refractivity contribution in [3.05, 3.63) is 77.9 Å². The maximum Gasteiger partial charge on any atom is 0.174 e. The largest absolute Gasteiger partial charge is 0.359 e. The summed E-state index contributed by atoms with van der Waals surface area (Å²) < 4.78 is 0. The van der Waals surface area contributed by atoms with Crippen LogP contribution in [0.25, 0.3) is 0 Å². The molecule has 2 aromatic rings. The van der Waals surface area contributed by atoms with Gasteiger partial charge in [0.1, 0.15) is 0 Å². The van der Waals surface area contributed by atoms with E-state index in [0.717, 1.165) is 22.9 Å². The molecular weight excluding hydrogens is 288 g/mol.